The molecule has 0 spiro atoms. The standard InChI is InChI=1S/C20H23FN2O2/c1-24-15-18-11-17(7-8-20(18)21)14-23-13-16-5-4-6-19(12-16)25-10-3-2-9-22/h4-8,11-12,23H,2-3,10,13-15H2,1H3. The molecule has 0 amide bonds. The maximum atomic E-state index is 13.6. The van der Waals surface area contributed by atoms with Crippen molar-refractivity contribution in [3.8, 4) is 11.8 Å². The number of hydrogen-bond donors (Lipinski definition) is 1. The van der Waals surface area contributed by atoms with E-state index in [1.807, 2.05) is 30.3 Å². The van der Waals surface area contributed by atoms with Gasteiger partial charge >= 0.3 is 0 Å². The Morgan fingerprint density at radius 1 is 1.12 bits per heavy atom. The van der Waals surface area contributed by atoms with E-state index in [0.717, 1.165) is 23.3 Å². The molecule has 0 aliphatic carbocycles. The first-order chi connectivity index (χ1) is 12.2. The molecule has 1 N–H and O–H groups in total. The van der Waals surface area contributed by atoms with Crippen LogP contribution in [0.3, 0.4) is 0 Å². The number of ether oxygens (including phenoxy) is 2. The molecule has 4 nitrogen and oxygen atoms in total. The Hall–Kier alpha value is -2.42. The third kappa shape index (κ3) is 6.54. The Labute approximate surface area is 148 Å². The fraction of sp³-hybridized carbons (Fsp3) is 0.350. The van der Waals surface area contributed by atoms with Gasteiger partial charge in [-0.05, 0) is 41.8 Å². The van der Waals surface area contributed by atoms with Crippen LogP contribution in [-0.4, -0.2) is 13.7 Å². The zero-order valence-electron chi connectivity index (χ0n) is 14.4. The number of methoxy groups -OCH3 is 1. The lowest BCUT2D eigenvalue weighted by Gasteiger charge is -2.10. The van der Waals surface area contributed by atoms with Gasteiger partial charge in [-0.3, -0.25) is 0 Å². The number of rotatable bonds is 10. The van der Waals surface area contributed by atoms with Crippen LogP contribution < -0.4 is 10.1 Å². The van der Waals surface area contributed by atoms with Crippen molar-refractivity contribution in [3.63, 3.8) is 0 Å². The maximum Gasteiger partial charge on any atom is 0.128 e. The second-order valence-corrected chi connectivity index (χ2v) is 5.72. The van der Waals surface area contributed by atoms with Crippen LogP contribution in [0.25, 0.3) is 0 Å². The van der Waals surface area contributed by atoms with Crippen LogP contribution in [0.15, 0.2) is 42.5 Å². The van der Waals surface area contributed by atoms with E-state index in [0.29, 0.717) is 31.7 Å². The van der Waals surface area contributed by atoms with Gasteiger partial charge in [0.05, 0.1) is 19.3 Å². The molecule has 0 radical (unpaired) electrons. The van der Waals surface area contributed by atoms with E-state index in [9.17, 15) is 4.39 Å². The van der Waals surface area contributed by atoms with Crippen molar-refractivity contribution in [1.29, 1.82) is 5.26 Å². The first kappa shape index (κ1) is 18.9. The zero-order valence-corrected chi connectivity index (χ0v) is 14.4. The fourth-order valence-corrected chi connectivity index (χ4v) is 2.44. The molecule has 5 heteroatoms. The summed E-state index contributed by atoms with van der Waals surface area (Å²) < 4.78 is 24.2. The topological polar surface area (TPSA) is 54.3 Å². The highest BCUT2D eigenvalue weighted by atomic mass is 19.1. The van der Waals surface area contributed by atoms with Crippen LogP contribution in [0.1, 0.15) is 29.5 Å². The molecule has 0 saturated carbocycles. The summed E-state index contributed by atoms with van der Waals surface area (Å²) in [5, 5.41) is 11.9. The summed E-state index contributed by atoms with van der Waals surface area (Å²) >= 11 is 0. The number of halogens is 1. The molecule has 0 fully saturated rings. The number of nitriles is 1. The smallest absolute Gasteiger partial charge is 0.128 e. The maximum absolute atomic E-state index is 13.6. The van der Waals surface area contributed by atoms with Crippen LogP contribution >= 0.6 is 0 Å². The molecule has 0 heterocycles. The second kappa shape index (κ2) is 10.4. The normalized spacial score (nSPS) is 10.4. The Morgan fingerprint density at radius 3 is 2.68 bits per heavy atom. The monoisotopic (exact) mass is 342 g/mol. The Kier molecular flexibility index (Phi) is 7.90. The van der Waals surface area contributed by atoms with Crippen LogP contribution in [0, 0.1) is 17.1 Å². The molecule has 132 valence electrons. The quantitative estimate of drug-likeness (QED) is 0.665. The summed E-state index contributed by atoms with van der Waals surface area (Å²) in [6.45, 7) is 2.14. The molecule has 0 aliphatic rings. The van der Waals surface area contributed by atoms with Gasteiger partial charge in [-0.1, -0.05) is 18.2 Å². The summed E-state index contributed by atoms with van der Waals surface area (Å²) in [4.78, 5) is 0. The molecule has 2 aromatic carbocycles. The number of unbranched alkanes of at least 4 members (excludes halogenated alkanes) is 1. The predicted molar refractivity (Wildman–Crippen MR) is 94.4 cm³/mol. The molecule has 25 heavy (non-hydrogen) atoms. The fourth-order valence-electron chi connectivity index (χ4n) is 2.44. The minimum Gasteiger partial charge on any atom is -0.494 e. The van der Waals surface area contributed by atoms with Crippen molar-refractivity contribution >= 4 is 0 Å². The molecule has 2 rings (SSSR count). The van der Waals surface area contributed by atoms with E-state index in [2.05, 4.69) is 11.4 Å². The molecule has 2 aromatic rings. The van der Waals surface area contributed by atoms with Crippen molar-refractivity contribution in [2.75, 3.05) is 13.7 Å². The third-order valence-electron chi connectivity index (χ3n) is 3.67. The summed E-state index contributed by atoms with van der Waals surface area (Å²) in [7, 11) is 1.56. The van der Waals surface area contributed by atoms with E-state index in [4.69, 9.17) is 14.7 Å². The molecule has 0 unspecified atom stereocenters. The molecular weight excluding hydrogens is 319 g/mol. The highest BCUT2D eigenvalue weighted by molar-refractivity contribution is 5.29. The summed E-state index contributed by atoms with van der Waals surface area (Å²) in [5.74, 6) is 0.563. The van der Waals surface area contributed by atoms with Gasteiger partial charge in [-0.25, -0.2) is 4.39 Å². The predicted octanol–water partition coefficient (Wildman–Crippen LogP) is 3.94. The second-order valence-electron chi connectivity index (χ2n) is 5.72. The summed E-state index contributed by atoms with van der Waals surface area (Å²) in [6.07, 6.45) is 1.23. The number of benzene rings is 2. The van der Waals surface area contributed by atoms with Crippen molar-refractivity contribution in [1.82, 2.24) is 5.32 Å². The van der Waals surface area contributed by atoms with Crippen LogP contribution in [0.5, 0.6) is 5.75 Å². The van der Waals surface area contributed by atoms with Gasteiger partial charge in [0, 0.05) is 32.2 Å². The van der Waals surface area contributed by atoms with Crippen molar-refractivity contribution < 1.29 is 13.9 Å². The van der Waals surface area contributed by atoms with Crippen molar-refractivity contribution in [3.05, 3.63) is 65.0 Å². The first-order valence-corrected chi connectivity index (χ1v) is 8.28. The van der Waals surface area contributed by atoms with Gasteiger partial charge < -0.3 is 14.8 Å². The summed E-state index contributed by atoms with van der Waals surface area (Å²) in [6, 6.07) is 15.0. The minimum absolute atomic E-state index is 0.244. The third-order valence-corrected chi connectivity index (χ3v) is 3.67. The highest BCUT2D eigenvalue weighted by Crippen LogP contribution is 2.15. The van der Waals surface area contributed by atoms with Crippen molar-refractivity contribution in [2.24, 2.45) is 0 Å². The summed E-state index contributed by atoms with van der Waals surface area (Å²) in [5.41, 5.74) is 2.68. The lowest BCUT2D eigenvalue weighted by Crippen LogP contribution is -2.13. The molecule has 0 bridgehead atoms. The Balaban J connectivity index is 1.83. The average molecular weight is 342 g/mol. The zero-order chi connectivity index (χ0) is 17.9. The molecule has 0 saturated heterocycles. The van der Waals surface area contributed by atoms with Crippen LogP contribution in [0.4, 0.5) is 4.39 Å². The van der Waals surface area contributed by atoms with Crippen LogP contribution in [-0.2, 0) is 24.4 Å². The Morgan fingerprint density at radius 2 is 1.92 bits per heavy atom. The number of hydrogen-bond acceptors (Lipinski definition) is 4. The Bertz CT molecular complexity index is 713. The van der Waals surface area contributed by atoms with Gasteiger partial charge in [-0.15, -0.1) is 0 Å². The van der Waals surface area contributed by atoms with Gasteiger partial charge in [0.15, 0.2) is 0 Å². The number of nitrogens with one attached hydrogen (secondary N) is 1. The van der Waals surface area contributed by atoms with E-state index in [-0.39, 0.29) is 12.4 Å². The van der Waals surface area contributed by atoms with Crippen molar-refractivity contribution in [2.45, 2.75) is 32.5 Å². The minimum atomic E-state index is -0.244. The highest BCUT2D eigenvalue weighted by Gasteiger charge is 2.04. The SMILES string of the molecule is COCc1cc(CNCc2cccc(OCCCC#N)c2)ccc1F. The number of nitrogens with zero attached hydrogens (tertiary/aromatic N) is 1. The van der Waals surface area contributed by atoms with E-state index < -0.39 is 0 Å². The van der Waals surface area contributed by atoms with E-state index in [1.54, 1.807) is 13.2 Å². The molecule has 0 aliphatic heterocycles. The average Bonchev–Trinajstić information content (AvgIpc) is 2.62. The largest absolute Gasteiger partial charge is 0.494 e. The van der Waals surface area contributed by atoms with E-state index in [1.165, 1.54) is 6.07 Å². The van der Waals surface area contributed by atoms with Gasteiger partial charge in [-0.2, -0.15) is 5.26 Å². The molecule has 0 atom stereocenters. The van der Waals surface area contributed by atoms with E-state index >= 15 is 0 Å². The first-order valence-electron chi connectivity index (χ1n) is 8.28. The van der Waals surface area contributed by atoms with Gasteiger partial charge in [0.1, 0.15) is 11.6 Å². The van der Waals surface area contributed by atoms with Gasteiger partial charge in [0.2, 0.25) is 0 Å². The molecule has 0 aromatic heterocycles. The van der Waals surface area contributed by atoms with Crippen LogP contribution in [0.2, 0.25) is 0 Å². The molecular formula is C20H23FN2O2. The van der Waals surface area contributed by atoms with Gasteiger partial charge in [0.25, 0.3) is 0 Å². The lowest BCUT2D eigenvalue weighted by molar-refractivity contribution is 0.181. The lowest BCUT2D eigenvalue weighted by atomic mass is 10.1.